The second-order valence-corrected chi connectivity index (χ2v) is 4.35. The molecule has 100 valence electrons. The van der Waals surface area contributed by atoms with Crippen LogP contribution in [-0.4, -0.2) is 30.6 Å². The highest BCUT2D eigenvalue weighted by molar-refractivity contribution is 6.32. The number of ether oxygens (including phenoxy) is 1. The number of pyridine rings is 1. The molecule has 0 fully saturated rings. The number of anilines is 1. The summed E-state index contributed by atoms with van der Waals surface area (Å²) in [6, 6.07) is 7.16. The number of nitrogens with two attached hydrogens (primary N) is 1. The zero-order valence-corrected chi connectivity index (χ0v) is 11.0. The lowest BCUT2D eigenvalue weighted by Gasteiger charge is -2.09. The van der Waals surface area contributed by atoms with Crippen LogP contribution in [0.1, 0.15) is 0 Å². The number of nitrogens with one attached hydrogen (secondary N) is 1. The maximum absolute atomic E-state index is 11.7. The molecule has 1 amide bonds. The Hall–Kier alpha value is -1.69. The molecule has 0 aliphatic heterocycles. The minimum absolute atomic E-state index is 0.0436. The average Bonchev–Trinajstić information content (AvgIpc) is 2.39. The number of nitrogens with zero attached hydrogens (tertiary/aromatic N) is 1. The lowest BCUT2D eigenvalue weighted by Crippen LogP contribution is -2.21. The molecular weight excluding hydrogens is 266 g/mol. The van der Waals surface area contributed by atoms with Gasteiger partial charge in [-0.15, -0.1) is 0 Å². The lowest BCUT2D eigenvalue weighted by atomic mass is 10.2. The third kappa shape index (κ3) is 3.64. The number of hydrogen-bond donors (Lipinski definition) is 2. The van der Waals surface area contributed by atoms with E-state index < -0.39 is 0 Å². The quantitative estimate of drug-likeness (QED) is 0.818. The van der Waals surface area contributed by atoms with Crippen LogP contribution in [0.4, 0.5) is 5.69 Å². The van der Waals surface area contributed by atoms with Crippen molar-refractivity contribution in [1.29, 1.82) is 0 Å². The van der Waals surface area contributed by atoms with E-state index in [1.54, 1.807) is 18.3 Å². The SMILES string of the molecule is NCCOCC(=O)Nc1cc(Cl)cc2cccnc12. The summed E-state index contributed by atoms with van der Waals surface area (Å²) in [4.78, 5) is 15.9. The Morgan fingerprint density at radius 2 is 2.32 bits per heavy atom. The molecule has 2 aromatic rings. The molecule has 3 N–H and O–H groups in total. The summed E-state index contributed by atoms with van der Waals surface area (Å²) in [6.07, 6.45) is 1.66. The molecule has 1 heterocycles. The third-order valence-corrected chi connectivity index (χ3v) is 2.66. The van der Waals surface area contributed by atoms with E-state index in [0.29, 0.717) is 29.4 Å². The first-order chi connectivity index (χ1) is 9.20. The topological polar surface area (TPSA) is 77.2 Å². The van der Waals surface area contributed by atoms with Gasteiger partial charge in [0.05, 0.1) is 17.8 Å². The summed E-state index contributed by atoms with van der Waals surface area (Å²) >= 11 is 6.01. The highest BCUT2D eigenvalue weighted by Crippen LogP contribution is 2.26. The first-order valence-electron chi connectivity index (χ1n) is 5.82. The Morgan fingerprint density at radius 1 is 1.47 bits per heavy atom. The summed E-state index contributed by atoms with van der Waals surface area (Å²) in [5.74, 6) is -0.261. The van der Waals surface area contributed by atoms with Crippen molar-refractivity contribution in [3.05, 3.63) is 35.5 Å². The molecule has 0 saturated carbocycles. The number of benzene rings is 1. The van der Waals surface area contributed by atoms with Crippen molar-refractivity contribution in [1.82, 2.24) is 4.98 Å². The van der Waals surface area contributed by atoms with E-state index >= 15 is 0 Å². The molecule has 0 spiro atoms. The first kappa shape index (κ1) is 13.7. The summed E-state index contributed by atoms with van der Waals surface area (Å²) in [6.45, 7) is 0.689. The fourth-order valence-electron chi connectivity index (χ4n) is 1.69. The number of aromatic nitrogens is 1. The number of carbonyl (C=O) groups is 1. The number of halogens is 1. The van der Waals surface area contributed by atoms with Gasteiger partial charge in [0, 0.05) is 23.2 Å². The molecule has 19 heavy (non-hydrogen) atoms. The molecule has 0 atom stereocenters. The molecule has 1 aromatic heterocycles. The molecule has 6 heteroatoms. The minimum atomic E-state index is -0.261. The standard InChI is InChI=1S/C13H14ClN3O2/c14-10-6-9-2-1-4-16-13(9)11(7-10)17-12(18)8-19-5-3-15/h1-2,4,6-7H,3,5,8,15H2,(H,17,18). The Balaban J connectivity index is 2.18. The molecule has 0 unspecified atom stereocenters. The zero-order valence-electron chi connectivity index (χ0n) is 10.2. The van der Waals surface area contributed by atoms with Crippen LogP contribution in [0.5, 0.6) is 0 Å². The van der Waals surface area contributed by atoms with E-state index in [2.05, 4.69) is 10.3 Å². The van der Waals surface area contributed by atoms with Gasteiger partial charge in [-0.2, -0.15) is 0 Å². The summed E-state index contributed by atoms with van der Waals surface area (Å²) in [5, 5.41) is 4.14. The van der Waals surface area contributed by atoms with E-state index in [9.17, 15) is 4.79 Å². The highest BCUT2D eigenvalue weighted by atomic mass is 35.5. The smallest absolute Gasteiger partial charge is 0.250 e. The van der Waals surface area contributed by atoms with Crippen LogP contribution in [0.25, 0.3) is 10.9 Å². The van der Waals surface area contributed by atoms with Gasteiger partial charge in [0.25, 0.3) is 0 Å². The predicted molar refractivity (Wildman–Crippen MR) is 75.3 cm³/mol. The first-order valence-corrected chi connectivity index (χ1v) is 6.20. The molecule has 2 rings (SSSR count). The van der Waals surface area contributed by atoms with Crippen molar-refractivity contribution >= 4 is 34.1 Å². The van der Waals surface area contributed by atoms with E-state index in [1.807, 2.05) is 12.1 Å². The molecule has 0 bridgehead atoms. The van der Waals surface area contributed by atoms with Crippen LogP contribution in [0, 0.1) is 0 Å². The van der Waals surface area contributed by atoms with E-state index in [1.165, 1.54) is 0 Å². The minimum Gasteiger partial charge on any atom is -0.370 e. The van der Waals surface area contributed by atoms with Crippen molar-refractivity contribution in [2.75, 3.05) is 25.1 Å². The second-order valence-electron chi connectivity index (χ2n) is 3.92. The van der Waals surface area contributed by atoms with Gasteiger partial charge in [-0.05, 0) is 18.2 Å². The van der Waals surface area contributed by atoms with Gasteiger partial charge in [-0.3, -0.25) is 9.78 Å². The van der Waals surface area contributed by atoms with Gasteiger partial charge in [0.15, 0.2) is 0 Å². The van der Waals surface area contributed by atoms with Crippen LogP contribution in [-0.2, 0) is 9.53 Å². The van der Waals surface area contributed by atoms with Crippen molar-refractivity contribution in [2.24, 2.45) is 5.73 Å². The van der Waals surface area contributed by atoms with Crippen LogP contribution >= 0.6 is 11.6 Å². The normalized spacial score (nSPS) is 10.6. The largest absolute Gasteiger partial charge is 0.370 e. The van der Waals surface area contributed by atoms with Gasteiger partial charge in [0.1, 0.15) is 6.61 Å². The number of fused-ring (bicyclic) bond motifs is 1. The second kappa shape index (κ2) is 6.47. The van der Waals surface area contributed by atoms with Gasteiger partial charge in [-0.25, -0.2) is 0 Å². The number of carbonyl (C=O) groups excluding carboxylic acids is 1. The fourth-order valence-corrected chi connectivity index (χ4v) is 1.91. The van der Waals surface area contributed by atoms with Crippen LogP contribution in [0.15, 0.2) is 30.5 Å². The summed E-state index contributed by atoms with van der Waals surface area (Å²) < 4.78 is 5.07. The van der Waals surface area contributed by atoms with Gasteiger partial charge >= 0.3 is 0 Å². The molecule has 1 aromatic carbocycles. The number of hydrogen-bond acceptors (Lipinski definition) is 4. The van der Waals surface area contributed by atoms with Crippen LogP contribution in [0.2, 0.25) is 5.02 Å². The van der Waals surface area contributed by atoms with Crippen molar-refractivity contribution in [2.45, 2.75) is 0 Å². The molecule has 0 aliphatic carbocycles. The zero-order chi connectivity index (χ0) is 13.7. The molecule has 5 nitrogen and oxygen atoms in total. The molecule has 0 saturated heterocycles. The van der Waals surface area contributed by atoms with Gasteiger partial charge in [-0.1, -0.05) is 17.7 Å². The lowest BCUT2D eigenvalue weighted by molar-refractivity contribution is -0.120. The van der Waals surface area contributed by atoms with Crippen molar-refractivity contribution in [3.63, 3.8) is 0 Å². The maximum Gasteiger partial charge on any atom is 0.250 e. The monoisotopic (exact) mass is 279 g/mol. The predicted octanol–water partition coefficient (Wildman–Crippen LogP) is 1.80. The molecule has 0 radical (unpaired) electrons. The van der Waals surface area contributed by atoms with Crippen LogP contribution in [0.3, 0.4) is 0 Å². The summed E-state index contributed by atoms with van der Waals surface area (Å²) in [7, 11) is 0. The Bertz CT molecular complexity index is 589. The molecule has 0 aliphatic rings. The van der Waals surface area contributed by atoms with Crippen molar-refractivity contribution < 1.29 is 9.53 Å². The van der Waals surface area contributed by atoms with E-state index in [0.717, 1.165) is 5.39 Å². The highest BCUT2D eigenvalue weighted by Gasteiger charge is 2.08. The van der Waals surface area contributed by atoms with Crippen molar-refractivity contribution in [3.8, 4) is 0 Å². The van der Waals surface area contributed by atoms with E-state index in [4.69, 9.17) is 22.1 Å². The van der Waals surface area contributed by atoms with E-state index in [-0.39, 0.29) is 12.5 Å². The maximum atomic E-state index is 11.7. The Labute approximate surface area is 115 Å². The number of rotatable bonds is 5. The van der Waals surface area contributed by atoms with Crippen LogP contribution < -0.4 is 11.1 Å². The Kier molecular flexibility index (Phi) is 4.68. The third-order valence-electron chi connectivity index (χ3n) is 2.44. The summed E-state index contributed by atoms with van der Waals surface area (Å²) in [5.41, 5.74) is 6.54. The Morgan fingerprint density at radius 3 is 3.11 bits per heavy atom. The van der Waals surface area contributed by atoms with Gasteiger partial charge in [0.2, 0.25) is 5.91 Å². The average molecular weight is 280 g/mol. The number of amides is 1. The van der Waals surface area contributed by atoms with Gasteiger partial charge < -0.3 is 15.8 Å². The molecular formula is C13H14ClN3O2. The fraction of sp³-hybridized carbons (Fsp3) is 0.231.